The van der Waals surface area contributed by atoms with E-state index in [-0.39, 0.29) is 23.1 Å². The van der Waals surface area contributed by atoms with Crippen LogP contribution in [-0.4, -0.2) is 18.4 Å². The molecule has 140 valence electrons. The lowest BCUT2D eigenvalue weighted by atomic mass is 10.1. The van der Waals surface area contributed by atoms with Crippen molar-refractivity contribution in [2.75, 3.05) is 6.61 Å². The van der Waals surface area contributed by atoms with Crippen molar-refractivity contribution < 1.29 is 28.2 Å². The average Bonchev–Trinajstić information content (AvgIpc) is 3.33. The second kappa shape index (κ2) is 7.44. The molecule has 28 heavy (non-hydrogen) atoms. The maximum Gasteiger partial charge on any atom is 0.379 e. The highest BCUT2D eigenvalue weighted by Gasteiger charge is 2.28. The zero-order chi connectivity index (χ0) is 19.5. The van der Waals surface area contributed by atoms with Gasteiger partial charge in [-0.1, -0.05) is 18.2 Å². The Bertz CT molecular complexity index is 1060. The molecule has 0 radical (unpaired) electrons. The first-order valence-electron chi connectivity index (χ1n) is 8.71. The zero-order valence-electron chi connectivity index (χ0n) is 15.0. The van der Waals surface area contributed by atoms with Crippen molar-refractivity contribution in [2.45, 2.75) is 6.92 Å². The van der Waals surface area contributed by atoms with E-state index in [0.717, 1.165) is 5.56 Å². The predicted octanol–water partition coefficient (Wildman–Crippen LogP) is 4.51. The Balaban J connectivity index is 1.58. The molecule has 0 aliphatic carbocycles. The van der Waals surface area contributed by atoms with Gasteiger partial charge in [0.1, 0.15) is 17.2 Å². The Morgan fingerprint density at radius 3 is 2.75 bits per heavy atom. The first-order valence-corrected chi connectivity index (χ1v) is 8.71. The Morgan fingerprint density at radius 1 is 1.11 bits per heavy atom. The number of hydrogen-bond acceptors (Lipinski definition) is 6. The molecule has 0 saturated heterocycles. The molecule has 0 fully saturated rings. The number of rotatable bonds is 5. The fraction of sp³-hybridized carbons (Fsp3) is 0.0909. The van der Waals surface area contributed by atoms with Gasteiger partial charge in [0.2, 0.25) is 11.5 Å². The number of benzene rings is 2. The van der Waals surface area contributed by atoms with Gasteiger partial charge < -0.3 is 18.6 Å². The van der Waals surface area contributed by atoms with Crippen molar-refractivity contribution >= 4 is 17.8 Å². The summed E-state index contributed by atoms with van der Waals surface area (Å²) < 4.78 is 21.6. The van der Waals surface area contributed by atoms with Gasteiger partial charge in [-0.25, -0.2) is 4.79 Å². The summed E-state index contributed by atoms with van der Waals surface area (Å²) in [6, 6.07) is 15.1. The van der Waals surface area contributed by atoms with Crippen LogP contribution in [0.25, 0.3) is 6.08 Å². The number of ketones is 1. The van der Waals surface area contributed by atoms with Crippen LogP contribution in [0.5, 0.6) is 17.2 Å². The molecule has 4 rings (SSSR count). The Hall–Kier alpha value is -3.80. The first kappa shape index (κ1) is 17.6. The molecule has 0 saturated carbocycles. The third-order valence-electron chi connectivity index (χ3n) is 4.08. The minimum atomic E-state index is -0.629. The highest BCUT2D eigenvalue weighted by atomic mass is 16.5. The molecular formula is C22H16O6. The molecule has 3 aromatic rings. The van der Waals surface area contributed by atoms with E-state index in [0.29, 0.717) is 23.7 Å². The zero-order valence-corrected chi connectivity index (χ0v) is 15.0. The summed E-state index contributed by atoms with van der Waals surface area (Å²) in [5.74, 6) is 0.639. The maximum absolute atomic E-state index is 12.6. The summed E-state index contributed by atoms with van der Waals surface area (Å²) in [5.41, 5.74) is 1.14. The van der Waals surface area contributed by atoms with Crippen molar-refractivity contribution in [1.82, 2.24) is 0 Å². The number of allylic oxidation sites excluding steroid dienone is 1. The molecule has 1 aliphatic rings. The lowest BCUT2D eigenvalue weighted by Crippen LogP contribution is -2.07. The molecule has 2 heterocycles. The monoisotopic (exact) mass is 376 g/mol. The Morgan fingerprint density at radius 2 is 1.96 bits per heavy atom. The van der Waals surface area contributed by atoms with Gasteiger partial charge in [0.05, 0.1) is 18.4 Å². The van der Waals surface area contributed by atoms with Gasteiger partial charge in [-0.2, -0.15) is 0 Å². The van der Waals surface area contributed by atoms with E-state index in [4.69, 9.17) is 18.6 Å². The second-order valence-corrected chi connectivity index (χ2v) is 5.94. The summed E-state index contributed by atoms with van der Waals surface area (Å²) in [4.78, 5) is 24.6. The molecule has 1 aliphatic heterocycles. The number of hydrogen-bond donors (Lipinski definition) is 0. The number of carbonyl (C=O) groups excluding carboxylic acids is 2. The highest BCUT2D eigenvalue weighted by Crippen LogP contribution is 2.36. The molecule has 0 N–H and O–H groups in total. The maximum atomic E-state index is 12.6. The predicted molar refractivity (Wildman–Crippen MR) is 101 cm³/mol. The summed E-state index contributed by atoms with van der Waals surface area (Å²) >= 11 is 0. The van der Waals surface area contributed by atoms with Gasteiger partial charge in [-0.05, 0) is 43.3 Å². The first-order chi connectivity index (χ1) is 13.7. The topological polar surface area (TPSA) is 75.0 Å². The lowest BCUT2D eigenvalue weighted by molar-refractivity contribution is 0.0701. The van der Waals surface area contributed by atoms with Crippen molar-refractivity contribution in [3.63, 3.8) is 0 Å². The van der Waals surface area contributed by atoms with Gasteiger partial charge in [-0.15, -0.1) is 0 Å². The summed E-state index contributed by atoms with van der Waals surface area (Å²) in [6.45, 7) is 2.40. The van der Waals surface area contributed by atoms with Gasteiger partial charge >= 0.3 is 5.97 Å². The van der Waals surface area contributed by atoms with Crippen LogP contribution in [0.1, 0.15) is 33.4 Å². The number of ether oxygens (including phenoxy) is 3. The number of furan rings is 1. The van der Waals surface area contributed by atoms with Crippen LogP contribution in [0.4, 0.5) is 0 Å². The number of esters is 1. The fourth-order valence-electron chi connectivity index (χ4n) is 2.81. The van der Waals surface area contributed by atoms with Gasteiger partial charge in [0, 0.05) is 11.6 Å². The standard InChI is InChI=1S/C22H16O6/c1-2-25-17-7-4-3-6-14(17)12-20-21(23)16-10-9-15(13-19(16)28-20)27-22(24)18-8-5-11-26-18/h3-13H,2H2,1H3. The van der Waals surface area contributed by atoms with Crippen LogP contribution in [0.15, 0.2) is 71.0 Å². The van der Waals surface area contributed by atoms with Crippen molar-refractivity contribution in [3.05, 3.63) is 83.5 Å². The minimum absolute atomic E-state index is 0.0885. The van der Waals surface area contributed by atoms with Crippen LogP contribution in [-0.2, 0) is 0 Å². The van der Waals surface area contributed by atoms with Gasteiger partial charge in [0.15, 0.2) is 5.76 Å². The average molecular weight is 376 g/mol. The van der Waals surface area contributed by atoms with Gasteiger partial charge in [0.25, 0.3) is 0 Å². The largest absolute Gasteiger partial charge is 0.493 e. The van der Waals surface area contributed by atoms with E-state index >= 15 is 0 Å². The molecule has 0 unspecified atom stereocenters. The van der Waals surface area contributed by atoms with Crippen molar-refractivity contribution in [2.24, 2.45) is 0 Å². The van der Waals surface area contributed by atoms with Crippen molar-refractivity contribution in [3.8, 4) is 17.2 Å². The van der Waals surface area contributed by atoms with E-state index in [2.05, 4.69) is 0 Å². The number of carbonyl (C=O) groups is 2. The number of Topliss-reactive ketones (excluding diaryl/α,β-unsaturated/α-hetero) is 1. The molecule has 0 amide bonds. The summed E-state index contributed by atoms with van der Waals surface area (Å²) in [6.07, 6.45) is 3.03. The van der Waals surface area contributed by atoms with Crippen LogP contribution in [0.3, 0.4) is 0 Å². The van der Waals surface area contributed by atoms with Crippen molar-refractivity contribution in [1.29, 1.82) is 0 Å². The van der Waals surface area contributed by atoms with Crippen LogP contribution in [0.2, 0.25) is 0 Å². The molecule has 0 atom stereocenters. The quantitative estimate of drug-likeness (QED) is 0.370. The third kappa shape index (κ3) is 3.40. The van der Waals surface area contributed by atoms with Crippen LogP contribution >= 0.6 is 0 Å². The molecule has 0 spiro atoms. The van der Waals surface area contributed by atoms with Crippen LogP contribution < -0.4 is 14.2 Å². The fourth-order valence-corrected chi connectivity index (χ4v) is 2.81. The van der Waals surface area contributed by atoms with E-state index in [1.165, 1.54) is 24.5 Å². The van der Waals surface area contributed by atoms with E-state index < -0.39 is 5.97 Å². The van der Waals surface area contributed by atoms with E-state index in [1.807, 2.05) is 31.2 Å². The molecule has 2 aromatic carbocycles. The molecule has 6 nitrogen and oxygen atoms in total. The molecular weight excluding hydrogens is 360 g/mol. The number of para-hydroxylation sites is 1. The summed E-state index contributed by atoms with van der Waals surface area (Å²) in [5, 5.41) is 0. The van der Waals surface area contributed by atoms with E-state index in [1.54, 1.807) is 18.2 Å². The smallest absolute Gasteiger partial charge is 0.379 e. The number of fused-ring (bicyclic) bond motifs is 1. The summed E-state index contributed by atoms with van der Waals surface area (Å²) in [7, 11) is 0. The molecule has 6 heteroatoms. The Kier molecular flexibility index (Phi) is 4.68. The second-order valence-electron chi connectivity index (χ2n) is 5.94. The third-order valence-corrected chi connectivity index (χ3v) is 4.08. The highest BCUT2D eigenvalue weighted by molar-refractivity contribution is 6.14. The molecule has 0 bridgehead atoms. The SMILES string of the molecule is CCOc1ccccc1C=C1Oc2cc(OC(=O)c3ccco3)ccc2C1=O. The minimum Gasteiger partial charge on any atom is -0.493 e. The lowest BCUT2D eigenvalue weighted by Gasteiger charge is -2.07. The van der Waals surface area contributed by atoms with Gasteiger partial charge in [-0.3, -0.25) is 4.79 Å². The normalized spacial score (nSPS) is 13.9. The van der Waals surface area contributed by atoms with E-state index in [9.17, 15) is 9.59 Å². The van der Waals surface area contributed by atoms with Crippen LogP contribution in [0, 0.1) is 0 Å². The molecule has 1 aromatic heterocycles. The Labute approximate surface area is 160 Å².